The molecule has 0 atom stereocenters. The minimum Gasteiger partial charge on any atom is -0.489 e. The van der Waals surface area contributed by atoms with Crippen LogP contribution >= 0.6 is 11.6 Å². The minimum absolute atomic E-state index is 0.295. The van der Waals surface area contributed by atoms with Crippen LogP contribution in [0.1, 0.15) is 22.3 Å². The summed E-state index contributed by atoms with van der Waals surface area (Å²) in [4.78, 5) is 11.5. The zero-order valence-corrected chi connectivity index (χ0v) is 14.5. The third-order valence-corrected chi connectivity index (χ3v) is 4.00. The molecular formula is C18H20ClNO3. The van der Waals surface area contributed by atoms with Gasteiger partial charge in [0.2, 0.25) is 0 Å². The van der Waals surface area contributed by atoms with E-state index in [2.05, 4.69) is 23.0 Å². The van der Waals surface area contributed by atoms with Crippen molar-refractivity contribution in [1.29, 1.82) is 0 Å². The second-order valence-corrected chi connectivity index (χ2v) is 5.79. The van der Waals surface area contributed by atoms with Crippen LogP contribution in [0, 0.1) is 20.8 Å². The summed E-state index contributed by atoms with van der Waals surface area (Å²) in [6.45, 7) is 6.42. The van der Waals surface area contributed by atoms with Crippen molar-refractivity contribution in [2.24, 2.45) is 0 Å². The van der Waals surface area contributed by atoms with Gasteiger partial charge in [0, 0.05) is 5.56 Å². The second-order valence-electron chi connectivity index (χ2n) is 5.38. The summed E-state index contributed by atoms with van der Waals surface area (Å²) in [6.07, 6.45) is -0.568. The SMILES string of the molecule is COC(=O)Nc1c(Cl)cccc1COc1cc(C)c(C)cc1C. The summed E-state index contributed by atoms with van der Waals surface area (Å²) >= 11 is 6.16. The maximum Gasteiger partial charge on any atom is 0.411 e. The molecule has 0 unspecified atom stereocenters. The van der Waals surface area contributed by atoms with Crippen LogP contribution < -0.4 is 10.1 Å². The predicted octanol–water partition coefficient (Wildman–Crippen LogP) is 5.02. The fourth-order valence-electron chi connectivity index (χ4n) is 2.23. The number of carbonyl (C=O) groups excluding carboxylic acids is 1. The highest BCUT2D eigenvalue weighted by atomic mass is 35.5. The average molecular weight is 334 g/mol. The summed E-state index contributed by atoms with van der Waals surface area (Å²) in [5.74, 6) is 0.817. The van der Waals surface area contributed by atoms with E-state index in [1.54, 1.807) is 6.07 Å². The van der Waals surface area contributed by atoms with Crippen molar-refractivity contribution in [3.8, 4) is 5.75 Å². The largest absolute Gasteiger partial charge is 0.489 e. The van der Waals surface area contributed by atoms with Crippen LogP contribution in [-0.4, -0.2) is 13.2 Å². The van der Waals surface area contributed by atoms with Crippen molar-refractivity contribution >= 4 is 23.4 Å². The molecule has 0 fully saturated rings. The van der Waals surface area contributed by atoms with Crippen molar-refractivity contribution in [3.63, 3.8) is 0 Å². The summed E-state index contributed by atoms with van der Waals surface area (Å²) in [7, 11) is 1.31. The summed E-state index contributed by atoms with van der Waals surface area (Å²) in [6, 6.07) is 9.49. The highest BCUT2D eigenvalue weighted by Crippen LogP contribution is 2.29. The van der Waals surface area contributed by atoms with Gasteiger partial charge in [-0.25, -0.2) is 4.79 Å². The number of nitrogens with one attached hydrogen (secondary N) is 1. The normalized spacial score (nSPS) is 10.3. The fourth-order valence-corrected chi connectivity index (χ4v) is 2.47. The van der Waals surface area contributed by atoms with Crippen molar-refractivity contribution in [3.05, 3.63) is 57.6 Å². The molecule has 0 aliphatic heterocycles. The number of benzene rings is 2. The van der Waals surface area contributed by atoms with Crippen LogP contribution in [0.2, 0.25) is 5.02 Å². The third kappa shape index (κ3) is 4.17. The van der Waals surface area contributed by atoms with E-state index >= 15 is 0 Å². The van der Waals surface area contributed by atoms with Crippen LogP contribution in [-0.2, 0) is 11.3 Å². The van der Waals surface area contributed by atoms with Gasteiger partial charge in [-0.1, -0.05) is 29.8 Å². The van der Waals surface area contributed by atoms with Crippen molar-refractivity contribution in [2.75, 3.05) is 12.4 Å². The smallest absolute Gasteiger partial charge is 0.411 e. The number of para-hydroxylation sites is 1. The quantitative estimate of drug-likeness (QED) is 0.854. The van der Waals surface area contributed by atoms with Gasteiger partial charge in [-0.2, -0.15) is 0 Å². The van der Waals surface area contributed by atoms with Gasteiger partial charge < -0.3 is 9.47 Å². The molecule has 4 nitrogen and oxygen atoms in total. The summed E-state index contributed by atoms with van der Waals surface area (Å²) in [5, 5.41) is 3.07. The topological polar surface area (TPSA) is 47.6 Å². The molecule has 2 rings (SSSR count). The molecule has 122 valence electrons. The number of rotatable bonds is 4. The number of amides is 1. The van der Waals surface area contributed by atoms with Gasteiger partial charge in [-0.15, -0.1) is 0 Å². The van der Waals surface area contributed by atoms with Gasteiger partial charge in [0.1, 0.15) is 12.4 Å². The lowest BCUT2D eigenvalue weighted by atomic mass is 10.1. The average Bonchev–Trinajstić information content (AvgIpc) is 2.52. The van der Waals surface area contributed by atoms with Gasteiger partial charge in [-0.3, -0.25) is 5.32 Å². The molecule has 1 N–H and O–H groups in total. The number of aryl methyl sites for hydroxylation is 3. The lowest BCUT2D eigenvalue weighted by Crippen LogP contribution is -2.13. The van der Waals surface area contributed by atoms with E-state index in [0.29, 0.717) is 17.3 Å². The van der Waals surface area contributed by atoms with Crippen LogP contribution in [0.5, 0.6) is 5.75 Å². The lowest BCUT2D eigenvalue weighted by molar-refractivity contribution is 0.187. The molecule has 5 heteroatoms. The predicted molar refractivity (Wildman–Crippen MR) is 92.5 cm³/mol. The van der Waals surface area contributed by atoms with Gasteiger partial charge in [-0.05, 0) is 49.6 Å². The zero-order chi connectivity index (χ0) is 17.0. The second kappa shape index (κ2) is 7.38. The molecule has 0 saturated heterocycles. The van der Waals surface area contributed by atoms with Gasteiger partial charge >= 0.3 is 6.09 Å². The van der Waals surface area contributed by atoms with E-state index < -0.39 is 6.09 Å². The van der Waals surface area contributed by atoms with Crippen LogP contribution in [0.4, 0.5) is 10.5 Å². The number of carbonyl (C=O) groups is 1. The third-order valence-electron chi connectivity index (χ3n) is 3.69. The number of anilines is 1. The summed E-state index contributed by atoms with van der Waals surface area (Å²) in [5.41, 5.74) is 4.75. The van der Waals surface area contributed by atoms with Gasteiger partial charge in [0.15, 0.2) is 0 Å². The number of halogens is 1. The molecule has 0 saturated carbocycles. The maximum absolute atomic E-state index is 11.5. The number of methoxy groups -OCH3 is 1. The first kappa shape index (κ1) is 17.2. The van der Waals surface area contributed by atoms with Gasteiger partial charge in [0.05, 0.1) is 17.8 Å². The Kier molecular flexibility index (Phi) is 5.50. The van der Waals surface area contributed by atoms with E-state index in [4.69, 9.17) is 16.3 Å². The molecule has 23 heavy (non-hydrogen) atoms. The molecule has 0 radical (unpaired) electrons. The molecule has 2 aromatic carbocycles. The lowest BCUT2D eigenvalue weighted by Gasteiger charge is -2.15. The van der Waals surface area contributed by atoms with E-state index in [0.717, 1.165) is 16.9 Å². The molecule has 0 aromatic heterocycles. The first-order valence-corrected chi connectivity index (χ1v) is 7.63. The van der Waals surface area contributed by atoms with E-state index in [-0.39, 0.29) is 0 Å². The molecule has 0 heterocycles. The van der Waals surface area contributed by atoms with Crippen molar-refractivity contribution in [1.82, 2.24) is 0 Å². The van der Waals surface area contributed by atoms with E-state index in [1.165, 1.54) is 18.2 Å². The van der Waals surface area contributed by atoms with Crippen LogP contribution in [0.15, 0.2) is 30.3 Å². The molecule has 0 aliphatic carbocycles. The Morgan fingerprint density at radius 2 is 1.83 bits per heavy atom. The Balaban J connectivity index is 2.22. The Morgan fingerprint density at radius 1 is 1.13 bits per heavy atom. The van der Waals surface area contributed by atoms with Gasteiger partial charge in [0.25, 0.3) is 0 Å². The van der Waals surface area contributed by atoms with Crippen LogP contribution in [0.3, 0.4) is 0 Å². The molecular weight excluding hydrogens is 314 g/mol. The number of ether oxygens (including phenoxy) is 2. The Bertz CT molecular complexity index is 728. The Labute approximate surface area is 141 Å². The Morgan fingerprint density at radius 3 is 2.52 bits per heavy atom. The van der Waals surface area contributed by atoms with E-state index in [1.807, 2.05) is 32.0 Å². The highest BCUT2D eigenvalue weighted by Gasteiger charge is 2.12. The first-order valence-electron chi connectivity index (χ1n) is 7.25. The molecule has 0 spiro atoms. The monoisotopic (exact) mass is 333 g/mol. The fraction of sp³-hybridized carbons (Fsp3) is 0.278. The zero-order valence-electron chi connectivity index (χ0n) is 13.7. The minimum atomic E-state index is -0.568. The number of hydrogen-bond acceptors (Lipinski definition) is 3. The molecule has 0 aliphatic rings. The van der Waals surface area contributed by atoms with Crippen molar-refractivity contribution < 1.29 is 14.3 Å². The maximum atomic E-state index is 11.5. The van der Waals surface area contributed by atoms with E-state index in [9.17, 15) is 4.79 Å². The molecule has 2 aromatic rings. The molecule has 0 bridgehead atoms. The Hall–Kier alpha value is -2.20. The summed E-state index contributed by atoms with van der Waals surface area (Å²) < 4.78 is 10.5. The highest BCUT2D eigenvalue weighted by molar-refractivity contribution is 6.33. The molecule has 1 amide bonds. The number of hydrogen-bond donors (Lipinski definition) is 1. The van der Waals surface area contributed by atoms with Crippen LogP contribution in [0.25, 0.3) is 0 Å². The standard InChI is InChI=1S/C18H20ClNO3/c1-11-8-13(3)16(9-12(11)2)23-10-14-6-5-7-15(19)17(14)20-18(21)22-4/h5-9H,10H2,1-4H3,(H,20,21). The van der Waals surface area contributed by atoms with Crippen molar-refractivity contribution in [2.45, 2.75) is 27.4 Å². The first-order chi connectivity index (χ1) is 10.9.